The molecule has 2 aliphatic rings. The highest BCUT2D eigenvalue weighted by Gasteiger charge is 2.29. The van der Waals surface area contributed by atoms with E-state index < -0.39 is 0 Å². The molecule has 2 aromatic carbocycles. The number of nitrogens with one attached hydrogen (secondary N) is 2. The second kappa shape index (κ2) is 12.9. The fourth-order valence-corrected chi connectivity index (χ4v) is 4.72. The standard InChI is InChI=1S/C30H39FN6O2/c1-22-19-24(9-10-25(22)31)34-23(2)37(14-6-13-36-15-17-39-18-16-36)21-30(3)12-11-28(33-20-30)29(38)35-27-8-5-4-7-26(27)32/h4-5,7-12,19,34H,2,6,13-18,20-21,32H2,1,3H3,(H,35,38). The van der Waals surface area contributed by atoms with E-state index in [1.807, 2.05) is 18.2 Å². The van der Waals surface area contributed by atoms with E-state index in [0.717, 1.165) is 57.3 Å². The fraction of sp³-hybridized carbons (Fsp3) is 0.400. The van der Waals surface area contributed by atoms with Gasteiger partial charge in [0.25, 0.3) is 5.91 Å². The first-order valence-corrected chi connectivity index (χ1v) is 13.4. The maximum atomic E-state index is 13.8. The van der Waals surface area contributed by atoms with Crippen LogP contribution in [0.25, 0.3) is 0 Å². The largest absolute Gasteiger partial charge is 0.397 e. The summed E-state index contributed by atoms with van der Waals surface area (Å²) in [7, 11) is 0. The molecule has 0 radical (unpaired) electrons. The number of halogens is 1. The number of nitrogen functional groups attached to an aromatic ring is 1. The zero-order valence-corrected chi connectivity index (χ0v) is 22.9. The van der Waals surface area contributed by atoms with Gasteiger partial charge in [0.05, 0.1) is 37.0 Å². The Morgan fingerprint density at radius 3 is 2.69 bits per heavy atom. The average Bonchev–Trinajstić information content (AvgIpc) is 2.92. The van der Waals surface area contributed by atoms with Gasteiger partial charge >= 0.3 is 0 Å². The first-order chi connectivity index (χ1) is 18.7. The quantitative estimate of drug-likeness (QED) is 0.373. The van der Waals surface area contributed by atoms with Crippen molar-refractivity contribution in [1.82, 2.24) is 9.80 Å². The molecular formula is C30H39FN6O2. The molecule has 1 saturated heterocycles. The molecule has 0 bridgehead atoms. The number of rotatable bonds is 11. The highest BCUT2D eigenvalue weighted by Crippen LogP contribution is 2.27. The Labute approximate surface area is 230 Å². The molecule has 1 unspecified atom stereocenters. The third-order valence-corrected chi connectivity index (χ3v) is 7.08. The summed E-state index contributed by atoms with van der Waals surface area (Å²) in [5.41, 5.74) is 8.46. The van der Waals surface area contributed by atoms with E-state index in [0.29, 0.717) is 35.7 Å². The number of carbonyl (C=O) groups excluding carboxylic acids is 1. The SMILES string of the molecule is C=C(Nc1ccc(F)c(C)c1)N(CCCN1CCOCC1)CC1(C)C=CC(C(=O)Nc2ccccc2N)=NC1. The van der Waals surface area contributed by atoms with Crippen LogP contribution in [0.3, 0.4) is 0 Å². The Hall–Kier alpha value is -3.69. The first kappa shape index (κ1) is 28.3. The summed E-state index contributed by atoms with van der Waals surface area (Å²) in [4.78, 5) is 22.0. The maximum Gasteiger partial charge on any atom is 0.273 e. The molecule has 2 aromatic rings. The lowest BCUT2D eigenvalue weighted by Crippen LogP contribution is -2.42. The first-order valence-electron chi connectivity index (χ1n) is 13.4. The average molecular weight is 535 g/mol. The van der Waals surface area contributed by atoms with Crippen LogP contribution in [0.4, 0.5) is 21.5 Å². The molecule has 4 rings (SSSR count). The number of hydrogen-bond donors (Lipinski definition) is 3. The molecule has 4 N–H and O–H groups in total. The number of anilines is 3. The monoisotopic (exact) mass is 534 g/mol. The number of dihydropyridines is 1. The molecule has 39 heavy (non-hydrogen) atoms. The summed E-state index contributed by atoms with van der Waals surface area (Å²) in [6, 6.07) is 12.1. The van der Waals surface area contributed by atoms with E-state index in [2.05, 4.69) is 38.9 Å². The van der Waals surface area contributed by atoms with Gasteiger partial charge in [-0.1, -0.05) is 31.7 Å². The molecule has 0 aromatic heterocycles. The predicted molar refractivity (Wildman–Crippen MR) is 156 cm³/mol. The number of carbonyl (C=O) groups is 1. The molecule has 2 aliphatic heterocycles. The van der Waals surface area contributed by atoms with Gasteiger partial charge in [0.15, 0.2) is 0 Å². The van der Waals surface area contributed by atoms with Crippen LogP contribution in [-0.2, 0) is 9.53 Å². The van der Waals surface area contributed by atoms with Crippen LogP contribution in [0.2, 0.25) is 0 Å². The van der Waals surface area contributed by atoms with Gasteiger partial charge in [0.2, 0.25) is 0 Å². The molecular weight excluding hydrogens is 495 g/mol. The van der Waals surface area contributed by atoms with Crippen molar-refractivity contribution < 1.29 is 13.9 Å². The predicted octanol–water partition coefficient (Wildman–Crippen LogP) is 4.28. The van der Waals surface area contributed by atoms with Crippen molar-refractivity contribution in [2.24, 2.45) is 10.4 Å². The minimum absolute atomic E-state index is 0.235. The molecule has 0 spiro atoms. The van der Waals surface area contributed by atoms with Gasteiger partial charge in [-0.15, -0.1) is 0 Å². The number of morpholine rings is 1. The number of nitrogens with two attached hydrogens (primary N) is 1. The summed E-state index contributed by atoms with van der Waals surface area (Å²) in [6.07, 6.45) is 4.79. The Morgan fingerprint density at radius 2 is 2.00 bits per heavy atom. The number of amides is 1. The number of aliphatic imine (C=N–C) groups is 1. The summed E-state index contributed by atoms with van der Waals surface area (Å²) in [5.74, 6) is 0.219. The third kappa shape index (κ3) is 7.91. The molecule has 8 nitrogen and oxygen atoms in total. The zero-order chi connectivity index (χ0) is 27.8. The Balaban J connectivity index is 1.40. The Morgan fingerprint density at radius 1 is 1.23 bits per heavy atom. The van der Waals surface area contributed by atoms with Gasteiger partial charge in [-0.05, 0) is 55.3 Å². The van der Waals surface area contributed by atoms with Crippen LogP contribution in [-0.4, -0.2) is 73.9 Å². The van der Waals surface area contributed by atoms with E-state index in [1.165, 1.54) is 6.07 Å². The van der Waals surface area contributed by atoms with Crippen molar-refractivity contribution in [2.45, 2.75) is 20.3 Å². The van der Waals surface area contributed by atoms with Gasteiger partial charge in [0, 0.05) is 43.8 Å². The molecule has 9 heteroatoms. The lowest BCUT2D eigenvalue weighted by molar-refractivity contribution is -0.110. The number of ether oxygens (including phenoxy) is 1. The van der Waals surface area contributed by atoms with Gasteiger partial charge in [-0.2, -0.15) is 0 Å². The third-order valence-electron chi connectivity index (χ3n) is 7.08. The van der Waals surface area contributed by atoms with E-state index >= 15 is 0 Å². The van der Waals surface area contributed by atoms with E-state index in [4.69, 9.17) is 10.5 Å². The van der Waals surface area contributed by atoms with E-state index in [9.17, 15) is 9.18 Å². The number of nitrogens with zero attached hydrogens (tertiary/aromatic N) is 3. The number of para-hydroxylation sites is 2. The smallest absolute Gasteiger partial charge is 0.273 e. The molecule has 1 atom stereocenters. The van der Waals surface area contributed by atoms with E-state index in [1.54, 1.807) is 37.3 Å². The van der Waals surface area contributed by atoms with Gasteiger partial charge in [-0.3, -0.25) is 14.7 Å². The summed E-state index contributed by atoms with van der Waals surface area (Å²) in [5, 5.41) is 6.20. The number of benzene rings is 2. The second-order valence-electron chi connectivity index (χ2n) is 10.5. The lowest BCUT2D eigenvalue weighted by atomic mass is 9.87. The summed E-state index contributed by atoms with van der Waals surface area (Å²) in [6.45, 7) is 14.5. The Bertz CT molecular complexity index is 1240. The van der Waals surface area contributed by atoms with Crippen LogP contribution in [0, 0.1) is 18.2 Å². The number of aryl methyl sites for hydroxylation is 1. The maximum absolute atomic E-state index is 13.8. The number of hydrogen-bond acceptors (Lipinski definition) is 7. The van der Waals surface area contributed by atoms with E-state index in [-0.39, 0.29) is 17.1 Å². The van der Waals surface area contributed by atoms with Crippen molar-refractivity contribution >= 4 is 28.7 Å². The summed E-state index contributed by atoms with van der Waals surface area (Å²) < 4.78 is 19.3. The second-order valence-corrected chi connectivity index (χ2v) is 10.5. The molecule has 208 valence electrons. The normalized spacial score (nSPS) is 19.3. The topological polar surface area (TPSA) is 95.2 Å². The minimum atomic E-state index is -0.308. The van der Waals surface area contributed by atoms with Crippen molar-refractivity contribution in [3.63, 3.8) is 0 Å². The highest BCUT2D eigenvalue weighted by molar-refractivity contribution is 6.47. The fourth-order valence-electron chi connectivity index (χ4n) is 4.72. The van der Waals surface area contributed by atoms with Gasteiger partial charge in [-0.25, -0.2) is 4.39 Å². The van der Waals surface area contributed by atoms with Gasteiger partial charge in [0.1, 0.15) is 11.5 Å². The van der Waals surface area contributed by atoms with Crippen LogP contribution >= 0.6 is 0 Å². The molecule has 1 fully saturated rings. The lowest BCUT2D eigenvalue weighted by Gasteiger charge is -2.37. The Kier molecular flexibility index (Phi) is 9.37. The van der Waals surface area contributed by atoms with Crippen molar-refractivity contribution in [3.05, 3.63) is 78.4 Å². The van der Waals surface area contributed by atoms with Crippen molar-refractivity contribution in [3.8, 4) is 0 Å². The highest BCUT2D eigenvalue weighted by atomic mass is 19.1. The molecule has 2 heterocycles. The van der Waals surface area contributed by atoms with Gasteiger partial charge < -0.3 is 26.0 Å². The summed E-state index contributed by atoms with van der Waals surface area (Å²) >= 11 is 0. The van der Waals surface area contributed by atoms with Crippen LogP contribution in [0.5, 0.6) is 0 Å². The van der Waals surface area contributed by atoms with Crippen LogP contribution < -0.4 is 16.4 Å². The van der Waals surface area contributed by atoms with Crippen molar-refractivity contribution in [1.29, 1.82) is 0 Å². The zero-order valence-electron chi connectivity index (χ0n) is 22.9. The molecule has 0 saturated carbocycles. The van der Waals surface area contributed by atoms with Crippen LogP contribution in [0.1, 0.15) is 18.9 Å². The molecule has 1 amide bonds. The van der Waals surface area contributed by atoms with Crippen LogP contribution in [0.15, 0.2) is 72.0 Å². The minimum Gasteiger partial charge on any atom is -0.397 e. The van der Waals surface area contributed by atoms with Crippen molar-refractivity contribution in [2.75, 3.05) is 68.8 Å². The molecule has 0 aliphatic carbocycles.